The molecule has 1 aliphatic heterocycles. The Morgan fingerprint density at radius 3 is 2.65 bits per heavy atom. The summed E-state index contributed by atoms with van der Waals surface area (Å²) in [6.07, 6.45) is 1.84. The molecule has 0 aliphatic carbocycles. The van der Waals surface area contributed by atoms with Gasteiger partial charge in [0, 0.05) is 32.9 Å². The van der Waals surface area contributed by atoms with Crippen LogP contribution in [0.1, 0.15) is 34.5 Å². The van der Waals surface area contributed by atoms with Gasteiger partial charge in [0.2, 0.25) is 10.0 Å². The Hall–Kier alpha value is -1.71. The van der Waals surface area contributed by atoms with Crippen LogP contribution in [0.15, 0.2) is 10.9 Å². The number of aromatic nitrogens is 1. The van der Waals surface area contributed by atoms with Gasteiger partial charge >= 0.3 is 0 Å². The van der Waals surface area contributed by atoms with E-state index in [0.29, 0.717) is 18.7 Å². The largest absolute Gasteiger partial charge is 0.376 e. The van der Waals surface area contributed by atoms with Crippen molar-refractivity contribution in [3.63, 3.8) is 0 Å². The van der Waals surface area contributed by atoms with Gasteiger partial charge in [-0.1, -0.05) is 0 Å². The predicted octanol–water partition coefficient (Wildman–Crippen LogP) is 0.265. The number of rotatable bonds is 7. The van der Waals surface area contributed by atoms with Crippen molar-refractivity contribution in [3.8, 4) is 0 Å². The van der Waals surface area contributed by atoms with Crippen molar-refractivity contribution in [2.75, 3.05) is 33.0 Å². The van der Waals surface area contributed by atoms with E-state index in [1.807, 2.05) is 6.92 Å². The van der Waals surface area contributed by atoms with Gasteiger partial charge in [-0.05, 0) is 38.3 Å². The summed E-state index contributed by atoms with van der Waals surface area (Å²) in [4.78, 5) is 25.3. The van der Waals surface area contributed by atoms with Gasteiger partial charge in [-0.3, -0.25) is 9.59 Å². The molecule has 1 aromatic heterocycles. The molecule has 9 heteroatoms. The Morgan fingerprint density at radius 1 is 1.38 bits per heavy atom. The van der Waals surface area contributed by atoms with Gasteiger partial charge < -0.3 is 14.6 Å². The van der Waals surface area contributed by atoms with Gasteiger partial charge in [0.25, 0.3) is 11.5 Å². The first-order valence-corrected chi connectivity index (χ1v) is 10.3. The summed E-state index contributed by atoms with van der Waals surface area (Å²) in [5, 5.41) is 2.54. The number of nitrogens with zero attached hydrogens (tertiary/aromatic N) is 2. The van der Waals surface area contributed by atoms with Crippen LogP contribution < -0.4 is 10.9 Å². The van der Waals surface area contributed by atoms with E-state index in [2.05, 4.69) is 5.32 Å². The van der Waals surface area contributed by atoms with Gasteiger partial charge in [0.1, 0.15) is 5.56 Å². The van der Waals surface area contributed by atoms with Crippen molar-refractivity contribution in [1.82, 2.24) is 14.2 Å². The number of hydrogen-bond acceptors (Lipinski definition) is 5. The SMILES string of the molecule is Cc1cc(C)n(C[C@H]2CCCO2)c(=O)c1C(=O)NCCS(=O)(=O)N(C)C. The first kappa shape index (κ1) is 20.6. The van der Waals surface area contributed by atoms with Crippen molar-refractivity contribution >= 4 is 15.9 Å². The molecule has 26 heavy (non-hydrogen) atoms. The van der Waals surface area contributed by atoms with E-state index in [4.69, 9.17) is 4.74 Å². The fourth-order valence-corrected chi connectivity index (χ4v) is 3.71. The standard InChI is InChI=1S/C17H27N3O5S/c1-12-10-13(2)20(11-14-6-5-8-25-14)17(22)15(12)16(21)18-7-9-26(23,24)19(3)4/h10,14H,5-9,11H2,1-4H3,(H,18,21)/t14-/m1/s1. The Morgan fingerprint density at radius 2 is 2.08 bits per heavy atom. The van der Waals surface area contributed by atoms with Gasteiger partial charge in [-0.2, -0.15) is 0 Å². The van der Waals surface area contributed by atoms with Crippen LogP contribution in [0.5, 0.6) is 0 Å². The highest BCUT2D eigenvalue weighted by Gasteiger charge is 2.22. The second-order valence-electron chi connectivity index (χ2n) is 6.75. The second-order valence-corrected chi connectivity index (χ2v) is 9.05. The molecular formula is C17H27N3O5S. The highest BCUT2D eigenvalue weighted by molar-refractivity contribution is 7.89. The third-order valence-electron chi connectivity index (χ3n) is 4.54. The van der Waals surface area contributed by atoms with Crippen LogP contribution in [0, 0.1) is 13.8 Å². The minimum Gasteiger partial charge on any atom is -0.376 e. The zero-order chi connectivity index (χ0) is 19.5. The molecule has 0 bridgehead atoms. The molecule has 1 saturated heterocycles. The maximum absolute atomic E-state index is 12.8. The molecule has 1 amide bonds. The lowest BCUT2D eigenvalue weighted by Crippen LogP contribution is -2.39. The van der Waals surface area contributed by atoms with Crippen molar-refractivity contribution in [2.24, 2.45) is 0 Å². The van der Waals surface area contributed by atoms with E-state index in [-0.39, 0.29) is 29.5 Å². The number of aryl methyl sites for hydroxylation is 2. The summed E-state index contributed by atoms with van der Waals surface area (Å²) in [6, 6.07) is 1.79. The monoisotopic (exact) mass is 385 g/mol. The molecule has 2 heterocycles. The molecule has 0 spiro atoms. The van der Waals surface area contributed by atoms with Crippen LogP contribution >= 0.6 is 0 Å². The zero-order valence-corrected chi connectivity index (χ0v) is 16.6. The molecule has 146 valence electrons. The number of ether oxygens (including phenoxy) is 1. The topological polar surface area (TPSA) is 97.7 Å². The second kappa shape index (κ2) is 8.32. The van der Waals surface area contributed by atoms with Crippen LogP contribution in [-0.2, 0) is 21.3 Å². The zero-order valence-electron chi connectivity index (χ0n) is 15.7. The number of nitrogens with one attached hydrogen (secondary N) is 1. The molecule has 1 atom stereocenters. The smallest absolute Gasteiger partial charge is 0.263 e. The highest BCUT2D eigenvalue weighted by Crippen LogP contribution is 2.15. The molecule has 8 nitrogen and oxygen atoms in total. The molecular weight excluding hydrogens is 358 g/mol. The molecule has 0 aromatic carbocycles. The minimum absolute atomic E-state index is 0.0183. The molecule has 1 N–H and O–H groups in total. The van der Waals surface area contributed by atoms with E-state index in [1.165, 1.54) is 14.1 Å². The molecule has 2 rings (SSSR count). The van der Waals surface area contributed by atoms with Crippen molar-refractivity contribution in [3.05, 3.63) is 33.2 Å². The Balaban J connectivity index is 2.17. The molecule has 1 fully saturated rings. The van der Waals surface area contributed by atoms with Crippen LogP contribution in [0.3, 0.4) is 0 Å². The highest BCUT2D eigenvalue weighted by atomic mass is 32.2. The molecule has 0 radical (unpaired) electrons. The first-order valence-electron chi connectivity index (χ1n) is 8.64. The predicted molar refractivity (Wildman–Crippen MR) is 99.0 cm³/mol. The van der Waals surface area contributed by atoms with Gasteiger partial charge in [-0.25, -0.2) is 12.7 Å². The average Bonchev–Trinajstić information content (AvgIpc) is 3.04. The average molecular weight is 385 g/mol. The molecule has 0 unspecified atom stereocenters. The van der Waals surface area contributed by atoms with Crippen LogP contribution in [0.4, 0.5) is 0 Å². The number of hydrogen-bond donors (Lipinski definition) is 1. The van der Waals surface area contributed by atoms with Crippen molar-refractivity contribution < 1.29 is 17.9 Å². The summed E-state index contributed by atoms with van der Waals surface area (Å²) in [6.45, 7) is 4.58. The van der Waals surface area contributed by atoms with E-state index < -0.39 is 15.9 Å². The third kappa shape index (κ3) is 4.72. The summed E-state index contributed by atoms with van der Waals surface area (Å²) in [5.41, 5.74) is 1.03. The van der Waals surface area contributed by atoms with Crippen LogP contribution in [-0.4, -0.2) is 62.3 Å². The quantitative estimate of drug-likeness (QED) is 0.726. The lowest BCUT2D eigenvalue weighted by atomic mass is 10.1. The van der Waals surface area contributed by atoms with E-state index in [9.17, 15) is 18.0 Å². The summed E-state index contributed by atoms with van der Waals surface area (Å²) in [5.74, 6) is -0.775. The van der Waals surface area contributed by atoms with Gasteiger partial charge in [0.15, 0.2) is 0 Å². The van der Waals surface area contributed by atoms with Crippen molar-refractivity contribution in [1.29, 1.82) is 0 Å². The number of sulfonamides is 1. The maximum atomic E-state index is 12.8. The summed E-state index contributed by atoms with van der Waals surface area (Å²) < 4.78 is 31.8. The van der Waals surface area contributed by atoms with E-state index in [0.717, 1.165) is 22.8 Å². The number of pyridine rings is 1. The lowest BCUT2D eigenvalue weighted by molar-refractivity contribution is 0.0928. The minimum atomic E-state index is -3.41. The van der Waals surface area contributed by atoms with Gasteiger partial charge in [0.05, 0.1) is 18.4 Å². The van der Waals surface area contributed by atoms with Crippen LogP contribution in [0.2, 0.25) is 0 Å². The van der Waals surface area contributed by atoms with E-state index >= 15 is 0 Å². The van der Waals surface area contributed by atoms with Gasteiger partial charge in [-0.15, -0.1) is 0 Å². The van der Waals surface area contributed by atoms with Crippen LogP contribution in [0.25, 0.3) is 0 Å². The maximum Gasteiger partial charge on any atom is 0.263 e. The normalized spacial score (nSPS) is 17.7. The van der Waals surface area contributed by atoms with Crippen molar-refractivity contribution in [2.45, 2.75) is 39.3 Å². The first-order chi connectivity index (χ1) is 12.1. The third-order valence-corrected chi connectivity index (χ3v) is 6.38. The Kier molecular flexibility index (Phi) is 6.59. The number of carbonyl (C=O) groups is 1. The number of carbonyl (C=O) groups excluding carboxylic acids is 1. The Labute approximate surface area is 154 Å². The lowest BCUT2D eigenvalue weighted by Gasteiger charge is -2.17. The fraction of sp³-hybridized carbons (Fsp3) is 0.647. The molecule has 1 aliphatic rings. The molecule has 1 aromatic rings. The van der Waals surface area contributed by atoms with E-state index in [1.54, 1.807) is 17.6 Å². The molecule has 0 saturated carbocycles. The number of amides is 1. The summed E-state index contributed by atoms with van der Waals surface area (Å²) in [7, 11) is -0.537. The summed E-state index contributed by atoms with van der Waals surface area (Å²) >= 11 is 0. The Bertz CT molecular complexity index is 824. The fourth-order valence-electron chi connectivity index (χ4n) is 2.99.